The van der Waals surface area contributed by atoms with E-state index >= 15 is 0 Å². The quantitative estimate of drug-likeness (QED) is 0.805. The Morgan fingerprint density at radius 3 is 3.00 bits per heavy atom. The number of amides is 1. The van der Waals surface area contributed by atoms with Gasteiger partial charge in [0.25, 0.3) is 0 Å². The lowest BCUT2D eigenvalue weighted by atomic mass is 9.77. The van der Waals surface area contributed by atoms with Gasteiger partial charge >= 0.3 is 0 Å². The summed E-state index contributed by atoms with van der Waals surface area (Å²) in [6.45, 7) is 4.92. The van der Waals surface area contributed by atoms with Gasteiger partial charge in [0.1, 0.15) is 0 Å². The van der Waals surface area contributed by atoms with Gasteiger partial charge in [0.15, 0.2) is 0 Å². The largest absolute Gasteiger partial charge is 0.354 e. The highest BCUT2D eigenvalue weighted by Crippen LogP contribution is 2.31. The molecule has 0 radical (unpaired) electrons. The SMILES string of the molecule is CCC1(C(=O)NCC2CCCS2)CCCNC1. The summed E-state index contributed by atoms with van der Waals surface area (Å²) < 4.78 is 0. The monoisotopic (exact) mass is 256 g/mol. The zero-order chi connectivity index (χ0) is 12.1. The maximum atomic E-state index is 12.3. The van der Waals surface area contributed by atoms with Gasteiger partial charge < -0.3 is 10.6 Å². The maximum Gasteiger partial charge on any atom is 0.227 e. The van der Waals surface area contributed by atoms with Crippen LogP contribution in [0.1, 0.15) is 39.0 Å². The summed E-state index contributed by atoms with van der Waals surface area (Å²) in [5.74, 6) is 1.54. The van der Waals surface area contributed by atoms with Crippen molar-refractivity contribution in [3.63, 3.8) is 0 Å². The molecule has 2 unspecified atom stereocenters. The van der Waals surface area contributed by atoms with Crippen molar-refractivity contribution < 1.29 is 4.79 Å². The molecule has 4 heteroatoms. The second-order valence-electron chi connectivity index (χ2n) is 5.26. The molecular weight excluding hydrogens is 232 g/mol. The first-order chi connectivity index (χ1) is 8.27. The van der Waals surface area contributed by atoms with Crippen molar-refractivity contribution in [1.82, 2.24) is 10.6 Å². The molecule has 3 nitrogen and oxygen atoms in total. The molecule has 2 atom stereocenters. The fourth-order valence-corrected chi connectivity index (χ4v) is 4.02. The molecule has 0 saturated carbocycles. The summed E-state index contributed by atoms with van der Waals surface area (Å²) in [5.41, 5.74) is -0.137. The Bertz CT molecular complexity index is 258. The molecule has 0 aromatic rings. The Labute approximate surface area is 108 Å². The standard InChI is InChI=1S/C13H24N2OS/c1-2-13(6-4-7-14-10-13)12(16)15-9-11-5-3-8-17-11/h11,14H,2-10H2,1H3,(H,15,16). The van der Waals surface area contributed by atoms with E-state index < -0.39 is 0 Å². The van der Waals surface area contributed by atoms with E-state index in [4.69, 9.17) is 0 Å². The van der Waals surface area contributed by atoms with Crippen LogP contribution < -0.4 is 10.6 Å². The highest BCUT2D eigenvalue weighted by atomic mass is 32.2. The first kappa shape index (κ1) is 13.2. The van der Waals surface area contributed by atoms with Gasteiger partial charge in [0.05, 0.1) is 5.41 Å². The highest BCUT2D eigenvalue weighted by Gasteiger charge is 2.37. The molecule has 17 heavy (non-hydrogen) atoms. The number of nitrogens with one attached hydrogen (secondary N) is 2. The summed E-state index contributed by atoms with van der Waals surface area (Å²) in [7, 11) is 0. The molecule has 2 aliphatic rings. The summed E-state index contributed by atoms with van der Waals surface area (Å²) in [6, 6.07) is 0. The number of hydrogen-bond acceptors (Lipinski definition) is 3. The average Bonchev–Trinajstić information content (AvgIpc) is 2.90. The molecule has 2 aliphatic heterocycles. The van der Waals surface area contributed by atoms with Crippen LogP contribution in [0.2, 0.25) is 0 Å². The van der Waals surface area contributed by atoms with Crippen LogP contribution in [0, 0.1) is 5.41 Å². The van der Waals surface area contributed by atoms with Crippen molar-refractivity contribution in [2.24, 2.45) is 5.41 Å². The normalized spacial score (nSPS) is 33.6. The van der Waals surface area contributed by atoms with Gasteiger partial charge in [0.2, 0.25) is 5.91 Å². The fourth-order valence-electron chi connectivity index (χ4n) is 2.82. The summed E-state index contributed by atoms with van der Waals surface area (Å²) in [6.07, 6.45) is 5.69. The minimum absolute atomic E-state index is 0.137. The highest BCUT2D eigenvalue weighted by molar-refractivity contribution is 8.00. The van der Waals surface area contributed by atoms with E-state index in [9.17, 15) is 4.79 Å². The molecule has 0 aliphatic carbocycles. The fraction of sp³-hybridized carbons (Fsp3) is 0.923. The van der Waals surface area contributed by atoms with Gasteiger partial charge in [0, 0.05) is 18.3 Å². The van der Waals surface area contributed by atoms with Crippen LogP contribution in [0.4, 0.5) is 0 Å². The van der Waals surface area contributed by atoms with Gasteiger partial charge in [-0.1, -0.05) is 6.92 Å². The van der Waals surface area contributed by atoms with Crippen molar-refractivity contribution >= 4 is 17.7 Å². The van der Waals surface area contributed by atoms with Crippen molar-refractivity contribution in [2.75, 3.05) is 25.4 Å². The predicted octanol–water partition coefficient (Wildman–Crippen LogP) is 1.78. The Morgan fingerprint density at radius 1 is 1.53 bits per heavy atom. The molecule has 2 N–H and O–H groups in total. The van der Waals surface area contributed by atoms with Crippen LogP contribution in [0.3, 0.4) is 0 Å². The Kier molecular flexibility index (Phi) is 4.74. The lowest BCUT2D eigenvalue weighted by molar-refractivity contribution is -0.132. The van der Waals surface area contributed by atoms with Crippen LogP contribution in [-0.2, 0) is 4.79 Å². The zero-order valence-corrected chi connectivity index (χ0v) is 11.6. The predicted molar refractivity (Wildman–Crippen MR) is 73.3 cm³/mol. The number of carbonyl (C=O) groups excluding carboxylic acids is 1. The third-order valence-corrected chi connectivity index (χ3v) is 5.54. The van der Waals surface area contributed by atoms with Gasteiger partial charge in [-0.2, -0.15) is 11.8 Å². The molecule has 0 bridgehead atoms. The third-order valence-electron chi connectivity index (χ3n) is 4.15. The van der Waals surface area contributed by atoms with E-state index in [0.29, 0.717) is 5.25 Å². The summed E-state index contributed by atoms with van der Waals surface area (Å²) in [4.78, 5) is 12.3. The molecular formula is C13H24N2OS. The lowest BCUT2D eigenvalue weighted by Crippen LogP contribution is -2.51. The van der Waals surface area contributed by atoms with Gasteiger partial charge in [-0.05, 0) is 44.4 Å². The van der Waals surface area contributed by atoms with E-state index in [1.165, 1.54) is 18.6 Å². The Morgan fingerprint density at radius 2 is 2.41 bits per heavy atom. The van der Waals surface area contributed by atoms with E-state index in [1.807, 2.05) is 11.8 Å². The van der Waals surface area contributed by atoms with Crippen molar-refractivity contribution in [2.45, 2.75) is 44.3 Å². The van der Waals surface area contributed by atoms with Crippen molar-refractivity contribution in [3.8, 4) is 0 Å². The van der Waals surface area contributed by atoms with Gasteiger partial charge in [-0.25, -0.2) is 0 Å². The molecule has 0 aromatic heterocycles. The van der Waals surface area contributed by atoms with E-state index in [-0.39, 0.29) is 11.3 Å². The van der Waals surface area contributed by atoms with E-state index in [2.05, 4.69) is 17.6 Å². The number of carbonyl (C=O) groups is 1. The molecule has 98 valence electrons. The molecule has 2 heterocycles. The van der Waals surface area contributed by atoms with E-state index in [1.54, 1.807) is 0 Å². The van der Waals surface area contributed by atoms with Crippen LogP contribution in [0.15, 0.2) is 0 Å². The maximum absolute atomic E-state index is 12.3. The number of hydrogen-bond donors (Lipinski definition) is 2. The first-order valence-corrected chi connectivity index (χ1v) is 7.92. The van der Waals surface area contributed by atoms with Crippen molar-refractivity contribution in [1.29, 1.82) is 0 Å². The summed E-state index contributed by atoms with van der Waals surface area (Å²) in [5, 5.41) is 7.21. The smallest absolute Gasteiger partial charge is 0.227 e. The average molecular weight is 256 g/mol. The molecule has 2 saturated heterocycles. The third kappa shape index (κ3) is 3.16. The Balaban J connectivity index is 1.83. The minimum atomic E-state index is -0.137. The van der Waals surface area contributed by atoms with Gasteiger partial charge in [-0.3, -0.25) is 4.79 Å². The zero-order valence-electron chi connectivity index (χ0n) is 10.8. The number of piperidine rings is 1. The van der Waals surface area contributed by atoms with Gasteiger partial charge in [-0.15, -0.1) is 0 Å². The number of rotatable bonds is 4. The van der Waals surface area contributed by atoms with Crippen LogP contribution in [0.5, 0.6) is 0 Å². The lowest BCUT2D eigenvalue weighted by Gasteiger charge is -2.35. The topological polar surface area (TPSA) is 41.1 Å². The van der Waals surface area contributed by atoms with Crippen LogP contribution in [0.25, 0.3) is 0 Å². The van der Waals surface area contributed by atoms with Crippen LogP contribution >= 0.6 is 11.8 Å². The first-order valence-electron chi connectivity index (χ1n) is 6.87. The Hall–Kier alpha value is -0.220. The molecule has 2 fully saturated rings. The molecule has 0 spiro atoms. The second-order valence-corrected chi connectivity index (χ2v) is 6.67. The van der Waals surface area contributed by atoms with E-state index in [0.717, 1.165) is 38.9 Å². The van der Waals surface area contributed by atoms with Crippen molar-refractivity contribution in [3.05, 3.63) is 0 Å². The van der Waals surface area contributed by atoms with Crippen LogP contribution in [-0.4, -0.2) is 36.5 Å². The second kappa shape index (κ2) is 6.10. The summed E-state index contributed by atoms with van der Waals surface area (Å²) >= 11 is 2.01. The molecule has 2 rings (SSSR count). The number of thioether (sulfide) groups is 1. The molecule has 1 amide bonds. The minimum Gasteiger partial charge on any atom is -0.354 e. The molecule has 0 aromatic carbocycles.